The largest absolute Gasteiger partial charge is 0.459 e. The van der Waals surface area contributed by atoms with E-state index in [0.29, 0.717) is 23.3 Å². The summed E-state index contributed by atoms with van der Waals surface area (Å²) in [5.74, 6) is -0.873. The topological polar surface area (TPSA) is 67.4 Å². The predicted octanol–water partition coefficient (Wildman–Crippen LogP) is 2.80. The highest BCUT2D eigenvalue weighted by Gasteiger charge is 2.32. The fraction of sp³-hybridized carbons (Fsp3) is 0.375. The molecule has 1 heterocycles. The highest BCUT2D eigenvalue weighted by atomic mass is 19.1. The minimum absolute atomic E-state index is 0.223. The Bertz CT molecular complexity index is 610. The molecule has 0 aliphatic carbocycles. The van der Waals surface area contributed by atoms with E-state index in [-0.39, 0.29) is 11.9 Å². The maximum absolute atomic E-state index is 13.1. The van der Waals surface area contributed by atoms with Crippen LogP contribution in [0, 0.1) is 5.82 Å². The van der Waals surface area contributed by atoms with Crippen LogP contribution in [0.25, 0.3) is 0 Å². The van der Waals surface area contributed by atoms with Crippen LogP contribution in [0.3, 0.4) is 0 Å². The van der Waals surface area contributed by atoms with Gasteiger partial charge in [0.1, 0.15) is 5.82 Å². The van der Waals surface area contributed by atoms with Crippen molar-refractivity contribution >= 4 is 12.0 Å². The smallest absolute Gasteiger partial charge is 0.338 e. The minimum Gasteiger partial charge on any atom is -0.459 e. The third-order valence-electron chi connectivity index (χ3n) is 3.58. The molecule has 5 nitrogen and oxygen atoms in total. The Morgan fingerprint density at radius 2 is 2.00 bits per heavy atom. The zero-order valence-corrected chi connectivity index (χ0v) is 12.8. The van der Waals surface area contributed by atoms with E-state index in [1.165, 1.54) is 24.3 Å². The molecule has 0 spiro atoms. The van der Waals surface area contributed by atoms with Gasteiger partial charge in [0.05, 0.1) is 17.7 Å². The zero-order valence-electron chi connectivity index (χ0n) is 12.8. The van der Waals surface area contributed by atoms with E-state index in [9.17, 15) is 14.0 Å². The molecule has 2 atom stereocenters. The zero-order chi connectivity index (χ0) is 16.3. The second-order valence-corrected chi connectivity index (χ2v) is 5.25. The van der Waals surface area contributed by atoms with Gasteiger partial charge < -0.3 is 15.4 Å². The number of amides is 2. The number of halogens is 1. The summed E-state index contributed by atoms with van der Waals surface area (Å²) in [6, 6.07) is 4.58. The van der Waals surface area contributed by atoms with Gasteiger partial charge in [-0.3, -0.25) is 0 Å². The molecule has 2 amide bonds. The number of rotatable bonds is 4. The van der Waals surface area contributed by atoms with Crippen LogP contribution in [-0.4, -0.2) is 18.1 Å². The fourth-order valence-electron chi connectivity index (χ4n) is 2.20. The van der Waals surface area contributed by atoms with Crippen LogP contribution in [0.15, 0.2) is 35.5 Å². The SMILES string of the molecule is CC[C@@H](C)OC(=O)C1=C(C)NC(=O)N[C@@H]1c1ccc(F)cc1. The fourth-order valence-corrected chi connectivity index (χ4v) is 2.20. The van der Waals surface area contributed by atoms with Gasteiger partial charge in [0.25, 0.3) is 0 Å². The summed E-state index contributed by atoms with van der Waals surface area (Å²) >= 11 is 0. The third-order valence-corrected chi connectivity index (χ3v) is 3.58. The van der Waals surface area contributed by atoms with Gasteiger partial charge in [-0.05, 0) is 38.0 Å². The van der Waals surface area contributed by atoms with Crippen LogP contribution in [0.2, 0.25) is 0 Å². The van der Waals surface area contributed by atoms with Crippen LogP contribution in [-0.2, 0) is 9.53 Å². The molecule has 2 rings (SSSR count). The summed E-state index contributed by atoms with van der Waals surface area (Å²) in [5.41, 5.74) is 1.38. The van der Waals surface area contributed by atoms with Gasteiger partial charge in [-0.25, -0.2) is 14.0 Å². The Morgan fingerprint density at radius 3 is 2.59 bits per heavy atom. The average molecular weight is 306 g/mol. The maximum Gasteiger partial charge on any atom is 0.338 e. The third kappa shape index (κ3) is 3.44. The summed E-state index contributed by atoms with van der Waals surface area (Å²) in [4.78, 5) is 24.1. The van der Waals surface area contributed by atoms with E-state index in [1.807, 2.05) is 6.92 Å². The molecule has 0 unspecified atom stereocenters. The second kappa shape index (κ2) is 6.60. The first-order valence-electron chi connectivity index (χ1n) is 7.17. The molecule has 2 N–H and O–H groups in total. The number of hydrogen-bond donors (Lipinski definition) is 2. The number of nitrogens with one attached hydrogen (secondary N) is 2. The van der Waals surface area contributed by atoms with Crippen molar-refractivity contribution in [3.63, 3.8) is 0 Å². The van der Waals surface area contributed by atoms with Crippen LogP contribution >= 0.6 is 0 Å². The lowest BCUT2D eigenvalue weighted by molar-refractivity contribution is -0.144. The van der Waals surface area contributed by atoms with Gasteiger partial charge in [-0.1, -0.05) is 19.1 Å². The van der Waals surface area contributed by atoms with Crippen molar-refractivity contribution in [3.05, 3.63) is 46.9 Å². The Hall–Kier alpha value is -2.37. The van der Waals surface area contributed by atoms with Crippen LogP contribution in [0.1, 0.15) is 38.8 Å². The number of allylic oxidation sites excluding steroid dienone is 1. The number of urea groups is 1. The molecule has 0 radical (unpaired) electrons. The molecule has 0 bridgehead atoms. The molecule has 1 aliphatic heterocycles. The van der Waals surface area contributed by atoms with E-state index >= 15 is 0 Å². The van der Waals surface area contributed by atoms with Gasteiger partial charge in [0.2, 0.25) is 0 Å². The van der Waals surface area contributed by atoms with Gasteiger partial charge >= 0.3 is 12.0 Å². The number of carbonyl (C=O) groups excluding carboxylic acids is 2. The van der Waals surface area contributed by atoms with E-state index in [2.05, 4.69) is 10.6 Å². The normalized spacial score (nSPS) is 19.3. The standard InChI is InChI=1S/C16H19FN2O3/c1-4-9(2)22-15(20)13-10(3)18-16(21)19-14(13)11-5-7-12(17)8-6-11/h5-9,14H,4H2,1-3H3,(H2,18,19,21)/t9-,14-/m1/s1. The van der Waals surface area contributed by atoms with Crippen molar-refractivity contribution in [3.8, 4) is 0 Å². The van der Waals surface area contributed by atoms with Gasteiger partial charge in [-0.15, -0.1) is 0 Å². The summed E-state index contributed by atoms with van der Waals surface area (Å²) < 4.78 is 18.4. The molecular formula is C16H19FN2O3. The van der Waals surface area contributed by atoms with Crippen LogP contribution in [0.4, 0.5) is 9.18 Å². The number of esters is 1. The second-order valence-electron chi connectivity index (χ2n) is 5.25. The Morgan fingerprint density at radius 1 is 1.36 bits per heavy atom. The van der Waals surface area contributed by atoms with E-state index in [0.717, 1.165) is 0 Å². The lowest BCUT2D eigenvalue weighted by Gasteiger charge is -2.28. The van der Waals surface area contributed by atoms with E-state index < -0.39 is 18.0 Å². The van der Waals surface area contributed by atoms with Gasteiger partial charge in [0.15, 0.2) is 0 Å². The molecule has 0 saturated heterocycles. The summed E-state index contributed by atoms with van der Waals surface area (Å²) in [6.07, 6.45) is 0.471. The van der Waals surface area contributed by atoms with Crippen LogP contribution in [0.5, 0.6) is 0 Å². The van der Waals surface area contributed by atoms with E-state index in [1.54, 1.807) is 13.8 Å². The van der Waals surface area contributed by atoms with Crippen molar-refractivity contribution in [1.82, 2.24) is 10.6 Å². The number of ether oxygens (including phenoxy) is 1. The van der Waals surface area contributed by atoms with E-state index in [4.69, 9.17) is 4.74 Å². The predicted molar refractivity (Wildman–Crippen MR) is 79.4 cm³/mol. The first-order valence-corrected chi connectivity index (χ1v) is 7.17. The highest BCUT2D eigenvalue weighted by molar-refractivity contribution is 5.95. The van der Waals surface area contributed by atoms with Gasteiger partial charge in [-0.2, -0.15) is 0 Å². The number of benzene rings is 1. The lowest BCUT2D eigenvalue weighted by Crippen LogP contribution is -2.45. The quantitative estimate of drug-likeness (QED) is 0.841. The Labute approximate surface area is 128 Å². The summed E-state index contributed by atoms with van der Waals surface area (Å²) in [5, 5.41) is 5.24. The maximum atomic E-state index is 13.1. The first kappa shape index (κ1) is 16.0. The molecule has 0 aromatic heterocycles. The van der Waals surface area contributed by atoms with Crippen molar-refractivity contribution in [1.29, 1.82) is 0 Å². The molecule has 1 aromatic carbocycles. The molecule has 22 heavy (non-hydrogen) atoms. The molecule has 0 saturated carbocycles. The van der Waals surface area contributed by atoms with Crippen LogP contribution < -0.4 is 10.6 Å². The molecule has 1 aliphatic rings. The molecule has 118 valence electrons. The Balaban J connectivity index is 2.36. The minimum atomic E-state index is -0.661. The monoisotopic (exact) mass is 306 g/mol. The van der Waals surface area contributed by atoms with Crippen molar-refractivity contribution in [2.45, 2.75) is 39.3 Å². The molecule has 0 fully saturated rings. The average Bonchev–Trinajstić information content (AvgIpc) is 2.46. The van der Waals surface area contributed by atoms with Crippen molar-refractivity contribution in [2.75, 3.05) is 0 Å². The van der Waals surface area contributed by atoms with Crippen molar-refractivity contribution in [2.24, 2.45) is 0 Å². The number of hydrogen-bond acceptors (Lipinski definition) is 3. The Kier molecular flexibility index (Phi) is 4.80. The molecular weight excluding hydrogens is 287 g/mol. The summed E-state index contributed by atoms with van der Waals surface area (Å²) in [6.45, 7) is 5.36. The van der Waals surface area contributed by atoms with Crippen molar-refractivity contribution < 1.29 is 18.7 Å². The highest BCUT2D eigenvalue weighted by Crippen LogP contribution is 2.28. The molecule has 1 aromatic rings. The van der Waals surface area contributed by atoms with Gasteiger partial charge in [0, 0.05) is 5.70 Å². The summed E-state index contributed by atoms with van der Waals surface area (Å²) in [7, 11) is 0. The lowest BCUT2D eigenvalue weighted by atomic mass is 9.95. The molecule has 6 heteroatoms. The number of carbonyl (C=O) groups is 2. The first-order chi connectivity index (χ1) is 10.4.